The summed E-state index contributed by atoms with van der Waals surface area (Å²) in [7, 11) is 3.01. The largest absolute Gasteiger partial charge is 0.497 e. The normalized spacial score (nSPS) is 16.7. The number of nitrogens with zero attached hydrogens (tertiary/aromatic N) is 1. The minimum atomic E-state index is -0.943. The Bertz CT molecular complexity index is 582. The Kier molecular flexibility index (Phi) is 6.43. The lowest BCUT2D eigenvalue weighted by Gasteiger charge is -2.25. The summed E-state index contributed by atoms with van der Waals surface area (Å²) in [6.45, 7) is 1.18. The Hall–Kier alpha value is -2.28. The molecule has 0 spiro atoms. The fourth-order valence-electron chi connectivity index (χ4n) is 2.69. The first kappa shape index (κ1) is 18.1. The second kappa shape index (κ2) is 8.54. The molecular formula is C17H23NO6. The zero-order chi connectivity index (χ0) is 17.5. The fraction of sp³-hybridized carbons (Fsp3) is 0.529. The number of rotatable bonds is 8. The van der Waals surface area contributed by atoms with Crippen molar-refractivity contribution in [2.75, 3.05) is 33.9 Å². The van der Waals surface area contributed by atoms with Crippen LogP contribution in [0.4, 0.5) is 0 Å². The Morgan fingerprint density at radius 1 is 1.33 bits per heavy atom. The van der Waals surface area contributed by atoms with Crippen molar-refractivity contribution < 1.29 is 28.9 Å². The van der Waals surface area contributed by atoms with Gasteiger partial charge in [0.2, 0.25) is 0 Å². The van der Waals surface area contributed by atoms with Crippen LogP contribution in [0.25, 0.3) is 0 Å². The third-order valence-corrected chi connectivity index (χ3v) is 3.97. The summed E-state index contributed by atoms with van der Waals surface area (Å²) in [6, 6.07) is 4.94. The van der Waals surface area contributed by atoms with Crippen molar-refractivity contribution in [3.8, 4) is 11.5 Å². The minimum absolute atomic E-state index is 0.0491. The van der Waals surface area contributed by atoms with E-state index in [1.807, 2.05) is 0 Å². The number of amides is 1. The molecule has 7 nitrogen and oxygen atoms in total. The Labute approximate surface area is 141 Å². The monoisotopic (exact) mass is 337 g/mol. The zero-order valence-corrected chi connectivity index (χ0v) is 14.0. The van der Waals surface area contributed by atoms with Crippen molar-refractivity contribution in [3.05, 3.63) is 23.8 Å². The van der Waals surface area contributed by atoms with Gasteiger partial charge in [0.25, 0.3) is 5.91 Å². The van der Waals surface area contributed by atoms with Crippen molar-refractivity contribution in [1.29, 1.82) is 0 Å². The second-order valence-corrected chi connectivity index (χ2v) is 5.60. The van der Waals surface area contributed by atoms with Crippen LogP contribution in [0.5, 0.6) is 11.5 Å². The highest BCUT2D eigenvalue weighted by Crippen LogP contribution is 2.26. The molecule has 1 heterocycles. The molecular weight excluding hydrogens is 314 g/mol. The maximum atomic E-state index is 12.9. The van der Waals surface area contributed by atoms with Gasteiger partial charge in [-0.25, -0.2) is 0 Å². The summed E-state index contributed by atoms with van der Waals surface area (Å²) in [5.41, 5.74) is 0.377. The zero-order valence-electron chi connectivity index (χ0n) is 14.0. The molecule has 0 radical (unpaired) electrons. The Balaban J connectivity index is 2.19. The molecule has 0 unspecified atom stereocenters. The third-order valence-electron chi connectivity index (χ3n) is 3.97. The van der Waals surface area contributed by atoms with Gasteiger partial charge in [0.1, 0.15) is 11.5 Å². The van der Waals surface area contributed by atoms with Crippen LogP contribution in [0.15, 0.2) is 18.2 Å². The summed E-state index contributed by atoms with van der Waals surface area (Å²) in [5.74, 6) is -0.236. The van der Waals surface area contributed by atoms with E-state index in [0.717, 1.165) is 12.8 Å². The molecule has 0 aliphatic carbocycles. The molecule has 0 saturated carbocycles. The van der Waals surface area contributed by atoms with Crippen molar-refractivity contribution in [3.63, 3.8) is 0 Å². The highest BCUT2D eigenvalue weighted by Gasteiger charge is 2.25. The van der Waals surface area contributed by atoms with Gasteiger partial charge >= 0.3 is 5.97 Å². The van der Waals surface area contributed by atoms with Crippen LogP contribution in [0.3, 0.4) is 0 Å². The van der Waals surface area contributed by atoms with E-state index in [1.165, 1.54) is 19.1 Å². The molecule has 1 aromatic rings. The highest BCUT2D eigenvalue weighted by molar-refractivity contribution is 5.97. The summed E-state index contributed by atoms with van der Waals surface area (Å²) >= 11 is 0. The van der Waals surface area contributed by atoms with E-state index in [1.54, 1.807) is 18.2 Å². The molecule has 1 N–H and O–H groups in total. The maximum Gasteiger partial charge on any atom is 0.305 e. The van der Waals surface area contributed by atoms with Crippen molar-refractivity contribution in [1.82, 2.24) is 4.90 Å². The molecule has 0 aromatic heterocycles. The Morgan fingerprint density at radius 3 is 2.71 bits per heavy atom. The van der Waals surface area contributed by atoms with Crippen LogP contribution in [0.2, 0.25) is 0 Å². The van der Waals surface area contributed by atoms with Crippen LogP contribution in [0, 0.1) is 0 Å². The van der Waals surface area contributed by atoms with Crippen LogP contribution in [-0.4, -0.2) is 61.9 Å². The standard InChI is InChI=1S/C17H23NO6/c1-22-12-5-6-14(15(10-12)23-2)17(21)18(8-7-16(19)20)11-13-4-3-9-24-13/h5-6,10,13H,3-4,7-9,11H2,1-2H3,(H,19,20)/t13-/m0/s1. The van der Waals surface area contributed by atoms with E-state index in [-0.39, 0.29) is 25.0 Å². The molecule has 1 fully saturated rings. The van der Waals surface area contributed by atoms with Crippen LogP contribution >= 0.6 is 0 Å². The lowest BCUT2D eigenvalue weighted by atomic mass is 10.1. The van der Waals surface area contributed by atoms with Gasteiger partial charge in [-0.05, 0) is 25.0 Å². The average molecular weight is 337 g/mol. The molecule has 132 valence electrons. The van der Waals surface area contributed by atoms with Crippen molar-refractivity contribution >= 4 is 11.9 Å². The number of hydrogen-bond donors (Lipinski definition) is 1. The predicted octanol–water partition coefficient (Wildman–Crippen LogP) is 1.80. The highest BCUT2D eigenvalue weighted by atomic mass is 16.5. The van der Waals surface area contributed by atoms with E-state index in [4.69, 9.17) is 19.3 Å². The van der Waals surface area contributed by atoms with Crippen LogP contribution in [0.1, 0.15) is 29.6 Å². The maximum absolute atomic E-state index is 12.9. The number of carbonyl (C=O) groups excluding carboxylic acids is 1. The predicted molar refractivity (Wildman–Crippen MR) is 86.7 cm³/mol. The quantitative estimate of drug-likeness (QED) is 0.778. The van der Waals surface area contributed by atoms with Gasteiger partial charge in [-0.3, -0.25) is 9.59 Å². The van der Waals surface area contributed by atoms with Gasteiger partial charge in [-0.2, -0.15) is 0 Å². The summed E-state index contributed by atoms with van der Waals surface area (Å²) in [6.07, 6.45) is 1.66. The second-order valence-electron chi connectivity index (χ2n) is 5.60. The molecule has 0 bridgehead atoms. The number of aliphatic carboxylic acids is 1. The van der Waals surface area contributed by atoms with E-state index in [2.05, 4.69) is 0 Å². The van der Waals surface area contributed by atoms with Gasteiger partial charge in [0.15, 0.2) is 0 Å². The third kappa shape index (κ3) is 4.61. The van der Waals surface area contributed by atoms with E-state index >= 15 is 0 Å². The molecule has 24 heavy (non-hydrogen) atoms. The average Bonchev–Trinajstić information content (AvgIpc) is 3.10. The fourth-order valence-corrected chi connectivity index (χ4v) is 2.69. The number of benzene rings is 1. The smallest absolute Gasteiger partial charge is 0.305 e. The summed E-state index contributed by atoms with van der Waals surface area (Å²) < 4.78 is 16.0. The van der Waals surface area contributed by atoms with E-state index in [0.29, 0.717) is 30.2 Å². The number of carbonyl (C=O) groups is 2. The van der Waals surface area contributed by atoms with Crippen molar-refractivity contribution in [2.24, 2.45) is 0 Å². The van der Waals surface area contributed by atoms with E-state index in [9.17, 15) is 9.59 Å². The molecule has 1 aliphatic rings. The number of carboxylic acids is 1. The van der Waals surface area contributed by atoms with Gasteiger partial charge in [0.05, 0.1) is 32.3 Å². The molecule has 2 rings (SSSR count). The molecule has 1 atom stereocenters. The van der Waals surface area contributed by atoms with Crippen LogP contribution < -0.4 is 9.47 Å². The Morgan fingerprint density at radius 2 is 2.12 bits per heavy atom. The van der Waals surface area contributed by atoms with Gasteiger partial charge < -0.3 is 24.2 Å². The van der Waals surface area contributed by atoms with Crippen LogP contribution in [-0.2, 0) is 9.53 Å². The summed E-state index contributed by atoms with van der Waals surface area (Å²) in [5, 5.41) is 8.93. The molecule has 1 amide bonds. The van der Waals surface area contributed by atoms with E-state index < -0.39 is 5.97 Å². The number of hydrogen-bond acceptors (Lipinski definition) is 5. The minimum Gasteiger partial charge on any atom is -0.497 e. The van der Waals surface area contributed by atoms with Gasteiger partial charge in [-0.15, -0.1) is 0 Å². The number of carboxylic acid groups (broad SMARTS) is 1. The topological polar surface area (TPSA) is 85.3 Å². The number of ether oxygens (including phenoxy) is 3. The first-order valence-corrected chi connectivity index (χ1v) is 7.90. The molecule has 7 heteroatoms. The number of methoxy groups -OCH3 is 2. The lowest BCUT2D eigenvalue weighted by molar-refractivity contribution is -0.137. The SMILES string of the molecule is COc1ccc(C(=O)N(CCC(=O)O)C[C@@H]2CCCO2)c(OC)c1. The first-order chi connectivity index (χ1) is 11.5. The first-order valence-electron chi connectivity index (χ1n) is 7.90. The molecule has 1 aliphatic heterocycles. The summed E-state index contributed by atoms with van der Waals surface area (Å²) in [4.78, 5) is 25.3. The van der Waals surface area contributed by atoms with Crippen molar-refractivity contribution in [2.45, 2.75) is 25.4 Å². The molecule has 1 saturated heterocycles. The molecule has 1 aromatic carbocycles. The van der Waals surface area contributed by atoms with Gasteiger partial charge in [-0.1, -0.05) is 0 Å². The van der Waals surface area contributed by atoms with Gasteiger partial charge in [0, 0.05) is 25.8 Å². The lowest BCUT2D eigenvalue weighted by Crippen LogP contribution is -2.39.